The van der Waals surface area contributed by atoms with E-state index >= 15 is 0 Å². The van der Waals surface area contributed by atoms with Crippen molar-refractivity contribution in [2.45, 2.75) is 53.5 Å². The molecule has 0 saturated carbocycles. The first-order valence-electron chi connectivity index (χ1n) is 10.1. The molecule has 4 rings (SSSR count). The van der Waals surface area contributed by atoms with Gasteiger partial charge >= 0.3 is 5.69 Å². The summed E-state index contributed by atoms with van der Waals surface area (Å²) in [5.41, 5.74) is 0.800. The number of ketones is 1. The fourth-order valence-electron chi connectivity index (χ4n) is 4.23. The number of carbonyl (C=O) groups excluding carboxylic acids is 1. The van der Waals surface area contributed by atoms with Gasteiger partial charge in [-0.3, -0.25) is 19.1 Å². The molecule has 30 heavy (non-hydrogen) atoms. The van der Waals surface area contributed by atoms with Gasteiger partial charge in [-0.25, -0.2) is 9.18 Å². The zero-order chi connectivity index (χ0) is 21.8. The average molecular weight is 429 g/mol. The Bertz CT molecular complexity index is 1280. The molecule has 0 amide bonds. The van der Waals surface area contributed by atoms with E-state index in [1.54, 1.807) is 6.92 Å². The van der Waals surface area contributed by atoms with Crippen molar-refractivity contribution in [3.8, 4) is 0 Å². The van der Waals surface area contributed by atoms with E-state index in [2.05, 4.69) is 25.8 Å². The summed E-state index contributed by atoms with van der Waals surface area (Å²) in [7, 11) is 0. The van der Waals surface area contributed by atoms with Gasteiger partial charge in [0.15, 0.2) is 5.78 Å². The molecular weight excluding hydrogens is 403 g/mol. The number of carbonyl (C=O) groups is 1. The van der Waals surface area contributed by atoms with Crippen molar-refractivity contribution >= 4 is 27.3 Å². The standard InChI is InChI=1S/C23H25FN2O3S/c1-12-9-13(5-8-16(12)24)17(27)11-26-21(28)19-15-7-6-14(23(2,3)4)10-18(15)30-20(19)25-22(26)29/h5,8-9,14H,6-7,10-11H2,1-4H3,(H,25,29). The molecular formula is C23H25FN2O3S. The van der Waals surface area contributed by atoms with Crippen molar-refractivity contribution in [1.82, 2.24) is 9.55 Å². The quantitative estimate of drug-likeness (QED) is 0.635. The molecule has 0 fully saturated rings. The number of nitrogens with one attached hydrogen (secondary N) is 1. The van der Waals surface area contributed by atoms with Crippen LogP contribution in [-0.2, 0) is 19.4 Å². The fraction of sp³-hybridized carbons (Fsp3) is 0.435. The van der Waals surface area contributed by atoms with Gasteiger partial charge in [0.25, 0.3) is 5.56 Å². The summed E-state index contributed by atoms with van der Waals surface area (Å²) in [6.45, 7) is 7.89. The Balaban J connectivity index is 1.74. The van der Waals surface area contributed by atoms with E-state index in [1.807, 2.05) is 0 Å². The predicted molar refractivity (Wildman–Crippen MR) is 117 cm³/mol. The summed E-state index contributed by atoms with van der Waals surface area (Å²) in [4.78, 5) is 43.0. The number of aromatic amines is 1. The first kappa shape index (κ1) is 20.7. The first-order valence-corrected chi connectivity index (χ1v) is 10.9. The van der Waals surface area contributed by atoms with E-state index in [0.29, 0.717) is 21.7 Å². The van der Waals surface area contributed by atoms with Gasteiger partial charge in [-0.2, -0.15) is 0 Å². The lowest BCUT2D eigenvalue weighted by Gasteiger charge is -2.33. The molecule has 0 aliphatic heterocycles. The molecule has 2 heterocycles. The van der Waals surface area contributed by atoms with Crippen molar-refractivity contribution in [2.24, 2.45) is 11.3 Å². The molecule has 0 radical (unpaired) electrons. The second-order valence-corrected chi connectivity index (χ2v) is 10.3. The lowest BCUT2D eigenvalue weighted by atomic mass is 9.72. The van der Waals surface area contributed by atoms with E-state index < -0.39 is 22.8 Å². The molecule has 0 saturated heterocycles. The summed E-state index contributed by atoms with van der Waals surface area (Å²) >= 11 is 1.48. The minimum atomic E-state index is -0.592. The number of hydrogen-bond acceptors (Lipinski definition) is 4. The molecule has 7 heteroatoms. The Morgan fingerprint density at radius 3 is 2.70 bits per heavy atom. The summed E-state index contributed by atoms with van der Waals surface area (Å²) < 4.78 is 14.5. The van der Waals surface area contributed by atoms with E-state index in [1.165, 1.54) is 29.5 Å². The molecule has 158 valence electrons. The third-order valence-corrected chi connectivity index (χ3v) is 7.37. The number of hydrogen-bond donors (Lipinski definition) is 1. The molecule has 5 nitrogen and oxygen atoms in total. The maximum atomic E-state index is 13.5. The van der Waals surface area contributed by atoms with Crippen molar-refractivity contribution in [3.63, 3.8) is 0 Å². The highest BCUT2D eigenvalue weighted by Crippen LogP contribution is 2.41. The van der Waals surface area contributed by atoms with Gasteiger partial charge in [-0.15, -0.1) is 11.3 Å². The van der Waals surface area contributed by atoms with E-state index in [9.17, 15) is 18.8 Å². The van der Waals surface area contributed by atoms with Crippen LogP contribution in [0, 0.1) is 24.1 Å². The van der Waals surface area contributed by atoms with Crippen LogP contribution >= 0.6 is 11.3 Å². The van der Waals surface area contributed by atoms with Gasteiger partial charge in [0.1, 0.15) is 10.6 Å². The van der Waals surface area contributed by atoms with Crippen LogP contribution in [0.4, 0.5) is 4.39 Å². The third-order valence-electron chi connectivity index (χ3n) is 6.20. The maximum Gasteiger partial charge on any atom is 0.329 e. The van der Waals surface area contributed by atoms with Crippen LogP contribution < -0.4 is 11.2 Å². The zero-order valence-electron chi connectivity index (χ0n) is 17.6. The third kappa shape index (κ3) is 3.55. The average Bonchev–Trinajstić information content (AvgIpc) is 3.03. The largest absolute Gasteiger partial charge is 0.329 e. The SMILES string of the molecule is Cc1cc(C(=O)Cn2c(=O)[nH]c3sc4c(c3c2=O)CCC(C(C)(C)C)C4)ccc1F. The van der Waals surface area contributed by atoms with Gasteiger partial charge in [-0.1, -0.05) is 20.8 Å². The summed E-state index contributed by atoms with van der Waals surface area (Å²) in [6.07, 6.45) is 2.69. The number of H-pyrrole nitrogens is 1. The van der Waals surface area contributed by atoms with Crippen molar-refractivity contribution < 1.29 is 9.18 Å². The van der Waals surface area contributed by atoms with Crippen molar-refractivity contribution in [3.05, 3.63) is 66.4 Å². The minimum Gasteiger partial charge on any atom is -0.298 e. The van der Waals surface area contributed by atoms with Crippen LogP contribution in [0.1, 0.15) is 53.6 Å². The Morgan fingerprint density at radius 2 is 2.03 bits per heavy atom. The molecule has 0 bridgehead atoms. The van der Waals surface area contributed by atoms with Crippen molar-refractivity contribution in [1.29, 1.82) is 0 Å². The van der Waals surface area contributed by atoms with Crippen LogP contribution in [0.2, 0.25) is 0 Å². The molecule has 2 aromatic heterocycles. The maximum absolute atomic E-state index is 13.5. The number of Topliss-reactive ketones (excluding diaryl/α,β-unsaturated/α-hetero) is 1. The second-order valence-electron chi connectivity index (χ2n) is 9.22. The van der Waals surface area contributed by atoms with Gasteiger partial charge < -0.3 is 0 Å². The van der Waals surface area contributed by atoms with Crippen LogP contribution in [0.25, 0.3) is 10.2 Å². The number of rotatable bonds is 3. The van der Waals surface area contributed by atoms with Crippen LogP contribution in [0.15, 0.2) is 27.8 Å². The van der Waals surface area contributed by atoms with E-state index in [-0.39, 0.29) is 17.5 Å². The number of halogens is 1. The Hall–Kier alpha value is -2.54. The van der Waals surface area contributed by atoms with Gasteiger partial charge in [0, 0.05) is 10.4 Å². The van der Waals surface area contributed by atoms with Gasteiger partial charge in [0.2, 0.25) is 0 Å². The van der Waals surface area contributed by atoms with Crippen LogP contribution in [0.5, 0.6) is 0 Å². The first-order chi connectivity index (χ1) is 14.1. The number of fused-ring (bicyclic) bond motifs is 3. The molecule has 1 aliphatic carbocycles. The number of thiophene rings is 1. The van der Waals surface area contributed by atoms with Gasteiger partial charge in [0.05, 0.1) is 11.9 Å². The van der Waals surface area contributed by atoms with Crippen molar-refractivity contribution in [2.75, 3.05) is 0 Å². The monoisotopic (exact) mass is 428 g/mol. The van der Waals surface area contributed by atoms with Crippen LogP contribution in [0.3, 0.4) is 0 Å². The molecule has 0 spiro atoms. The smallest absolute Gasteiger partial charge is 0.298 e. The highest BCUT2D eigenvalue weighted by atomic mass is 32.1. The lowest BCUT2D eigenvalue weighted by molar-refractivity contribution is 0.0969. The summed E-state index contributed by atoms with van der Waals surface area (Å²) in [5, 5.41) is 0.532. The van der Waals surface area contributed by atoms with Crippen LogP contribution in [-0.4, -0.2) is 15.3 Å². The zero-order valence-corrected chi connectivity index (χ0v) is 18.4. The summed E-state index contributed by atoms with van der Waals surface area (Å²) in [6, 6.07) is 4.04. The minimum absolute atomic E-state index is 0.182. The van der Waals surface area contributed by atoms with E-state index in [0.717, 1.165) is 34.3 Å². The number of aryl methyl sites for hydroxylation is 2. The second kappa shape index (κ2) is 7.30. The molecule has 1 atom stereocenters. The predicted octanol–water partition coefficient (Wildman–Crippen LogP) is 4.23. The number of benzene rings is 1. The Labute approximate surface area is 177 Å². The number of aromatic nitrogens is 2. The molecule has 1 aliphatic rings. The Morgan fingerprint density at radius 1 is 1.30 bits per heavy atom. The van der Waals surface area contributed by atoms with Gasteiger partial charge in [-0.05, 0) is 66.8 Å². The molecule has 1 aromatic carbocycles. The lowest BCUT2D eigenvalue weighted by Crippen LogP contribution is -2.37. The highest BCUT2D eigenvalue weighted by Gasteiger charge is 2.32. The molecule has 1 unspecified atom stereocenters. The normalized spacial score (nSPS) is 16.6. The fourth-order valence-corrected chi connectivity index (χ4v) is 5.54. The van der Waals surface area contributed by atoms with E-state index in [4.69, 9.17) is 0 Å². The molecule has 3 aromatic rings. The Kier molecular flexibility index (Phi) is 5.04. The highest BCUT2D eigenvalue weighted by molar-refractivity contribution is 7.18. The summed E-state index contributed by atoms with van der Waals surface area (Å²) in [5.74, 6) is -0.279. The molecule has 1 N–H and O–H groups in total. The topological polar surface area (TPSA) is 71.9 Å². The number of nitrogens with zero attached hydrogens (tertiary/aromatic N) is 1.